The first kappa shape index (κ1) is 19.8. The van der Waals surface area contributed by atoms with Crippen molar-refractivity contribution in [1.82, 2.24) is 28.0 Å². The van der Waals surface area contributed by atoms with E-state index in [4.69, 9.17) is 9.72 Å². The van der Waals surface area contributed by atoms with Crippen LogP contribution in [0.1, 0.15) is 11.3 Å². The van der Waals surface area contributed by atoms with Crippen LogP contribution in [-0.2, 0) is 24.9 Å². The van der Waals surface area contributed by atoms with Crippen molar-refractivity contribution in [1.29, 1.82) is 0 Å². The Morgan fingerprint density at radius 3 is 2.52 bits per heavy atom. The molecule has 0 radical (unpaired) electrons. The Hall–Kier alpha value is -3.17. The van der Waals surface area contributed by atoms with Crippen LogP contribution in [0, 0.1) is 6.92 Å². The zero-order chi connectivity index (χ0) is 21.5. The monoisotopic (exact) mass is 422 g/mol. The molecule has 4 aromatic rings. The molecule has 5 rings (SSSR count). The van der Waals surface area contributed by atoms with E-state index in [-0.39, 0.29) is 11.2 Å². The summed E-state index contributed by atoms with van der Waals surface area (Å²) in [5.41, 5.74) is 2.37. The largest absolute Gasteiger partial charge is 0.379 e. The van der Waals surface area contributed by atoms with Crippen LogP contribution in [0.4, 0.5) is 0 Å². The molecular weight excluding hydrogens is 396 g/mol. The van der Waals surface area contributed by atoms with Crippen LogP contribution in [-0.4, -0.2) is 60.8 Å². The first-order chi connectivity index (χ1) is 15.0. The highest BCUT2D eigenvalue weighted by atomic mass is 16.5. The fourth-order valence-corrected chi connectivity index (χ4v) is 4.28. The van der Waals surface area contributed by atoms with E-state index in [0.29, 0.717) is 49.8 Å². The van der Waals surface area contributed by atoms with Gasteiger partial charge in [0.25, 0.3) is 5.56 Å². The third kappa shape index (κ3) is 3.39. The van der Waals surface area contributed by atoms with Crippen molar-refractivity contribution < 1.29 is 4.74 Å². The van der Waals surface area contributed by atoms with E-state index < -0.39 is 0 Å². The number of hydrogen-bond donors (Lipinski definition) is 0. The summed E-state index contributed by atoms with van der Waals surface area (Å²) in [6.07, 6.45) is 1.92. The average molecular weight is 422 g/mol. The van der Waals surface area contributed by atoms with Gasteiger partial charge < -0.3 is 9.30 Å². The van der Waals surface area contributed by atoms with Crippen LogP contribution >= 0.6 is 0 Å². The molecule has 0 saturated carbocycles. The van der Waals surface area contributed by atoms with Gasteiger partial charge in [0.1, 0.15) is 0 Å². The topological polar surface area (TPSA) is 78.7 Å². The summed E-state index contributed by atoms with van der Waals surface area (Å²) in [5.74, 6) is 0.661. The van der Waals surface area contributed by atoms with E-state index in [1.165, 1.54) is 9.13 Å². The number of fused-ring (bicyclic) bond motifs is 3. The van der Waals surface area contributed by atoms with E-state index in [0.717, 1.165) is 24.3 Å². The SMILES string of the molecule is Cc1cn2c3c(=O)n(CCN4CCOCC4)c(=O)n(C)c3nc2n1Cc1ccccc1. The van der Waals surface area contributed by atoms with Crippen LogP contribution in [0.2, 0.25) is 0 Å². The summed E-state index contributed by atoms with van der Waals surface area (Å²) < 4.78 is 12.1. The van der Waals surface area contributed by atoms with Gasteiger partial charge in [0, 0.05) is 45.1 Å². The summed E-state index contributed by atoms with van der Waals surface area (Å²) in [7, 11) is 1.68. The molecule has 0 atom stereocenters. The highest BCUT2D eigenvalue weighted by Gasteiger charge is 2.21. The van der Waals surface area contributed by atoms with E-state index in [2.05, 4.69) is 21.6 Å². The molecule has 0 N–H and O–H groups in total. The third-order valence-corrected chi connectivity index (χ3v) is 6.07. The van der Waals surface area contributed by atoms with Crippen molar-refractivity contribution in [2.24, 2.45) is 7.05 Å². The Kier molecular flexibility index (Phi) is 4.99. The molecule has 4 heterocycles. The summed E-state index contributed by atoms with van der Waals surface area (Å²) in [4.78, 5) is 33.2. The normalized spacial score (nSPS) is 15.3. The van der Waals surface area contributed by atoms with Crippen LogP contribution in [0.3, 0.4) is 0 Å². The molecule has 0 amide bonds. The molecule has 0 unspecified atom stereocenters. The van der Waals surface area contributed by atoms with Crippen LogP contribution in [0.15, 0.2) is 46.1 Å². The minimum atomic E-state index is -0.335. The van der Waals surface area contributed by atoms with Crippen LogP contribution in [0.25, 0.3) is 16.9 Å². The number of nitrogens with zero attached hydrogens (tertiary/aromatic N) is 6. The van der Waals surface area contributed by atoms with Gasteiger partial charge in [-0.05, 0) is 12.5 Å². The van der Waals surface area contributed by atoms with Crippen molar-refractivity contribution in [3.8, 4) is 0 Å². The molecule has 9 nitrogen and oxygen atoms in total. The van der Waals surface area contributed by atoms with Gasteiger partial charge >= 0.3 is 5.69 Å². The van der Waals surface area contributed by atoms with Gasteiger partial charge in [-0.1, -0.05) is 30.3 Å². The Bertz CT molecular complexity index is 1360. The quantitative estimate of drug-likeness (QED) is 0.476. The highest BCUT2D eigenvalue weighted by molar-refractivity contribution is 5.75. The highest BCUT2D eigenvalue weighted by Crippen LogP contribution is 2.17. The molecule has 1 aliphatic heterocycles. The summed E-state index contributed by atoms with van der Waals surface area (Å²) in [6.45, 7) is 6.63. The number of hydrogen-bond acceptors (Lipinski definition) is 5. The summed E-state index contributed by atoms with van der Waals surface area (Å²) in [5, 5.41) is 0. The van der Waals surface area contributed by atoms with Gasteiger partial charge in [0.05, 0.1) is 19.8 Å². The average Bonchev–Trinajstić information content (AvgIpc) is 3.29. The molecule has 0 aliphatic carbocycles. The lowest BCUT2D eigenvalue weighted by Crippen LogP contribution is -2.44. The first-order valence-corrected chi connectivity index (χ1v) is 10.6. The van der Waals surface area contributed by atoms with Gasteiger partial charge in [-0.25, -0.2) is 4.79 Å². The second-order valence-electron chi connectivity index (χ2n) is 8.05. The number of rotatable bonds is 5. The maximum Gasteiger partial charge on any atom is 0.332 e. The van der Waals surface area contributed by atoms with E-state index >= 15 is 0 Å². The molecule has 162 valence electrons. The fourth-order valence-electron chi connectivity index (χ4n) is 4.28. The maximum absolute atomic E-state index is 13.4. The maximum atomic E-state index is 13.4. The molecule has 1 aromatic carbocycles. The van der Waals surface area contributed by atoms with Gasteiger partial charge in [-0.15, -0.1) is 0 Å². The third-order valence-electron chi connectivity index (χ3n) is 6.07. The van der Waals surface area contributed by atoms with Crippen molar-refractivity contribution in [3.05, 3.63) is 68.6 Å². The number of aryl methyl sites for hydroxylation is 2. The second kappa shape index (κ2) is 7.82. The molecule has 1 aliphatic rings. The van der Waals surface area contributed by atoms with Crippen molar-refractivity contribution >= 4 is 16.9 Å². The van der Waals surface area contributed by atoms with Crippen molar-refractivity contribution in [2.75, 3.05) is 32.8 Å². The van der Waals surface area contributed by atoms with E-state index in [1.807, 2.05) is 35.7 Å². The lowest BCUT2D eigenvalue weighted by atomic mass is 10.2. The lowest BCUT2D eigenvalue weighted by Gasteiger charge is -2.26. The van der Waals surface area contributed by atoms with Gasteiger partial charge in [0.15, 0.2) is 11.2 Å². The molecule has 9 heteroatoms. The Balaban J connectivity index is 1.60. The predicted molar refractivity (Wildman–Crippen MR) is 118 cm³/mol. The minimum absolute atomic E-state index is 0.296. The molecule has 0 spiro atoms. The number of aromatic nitrogens is 5. The minimum Gasteiger partial charge on any atom is -0.379 e. The number of imidazole rings is 2. The van der Waals surface area contributed by atoms with Crippen LogP contribution in [0.5, 0.6) is 0 Å². The standard InChI is InChI=1S/C22H26N6O3/c1-16-14-28-18-19(23-21(28)27(16)15-17-6-4-3-5-7-17)24(2)22(30)26(20(18)29)9-8-25-10-12-31-13-11-25/h3-7,14H,8-13,15H2,1-2H3. The smallest absolute Gasteiger partial charge is 0.332 e. The van der Waals surface area contributed by atoms with Crippen LogP contribution < -0.4 is 11.2 Å². The molecule has 3 aromatic heterocycles. The summed E-state index contributed by atoms with van der Waals surface area (Å²) in [6, 6.07) is 10.1. The Labute approximate surface area is 178 Å². The number of morpholine rings is 1. The Morgan fingerprint density at radius 2 is 1.77 bits per heavy atom. The number of ether oxygens (including phenoxy) is 1. The van der Waals surface area contributed by atoms with E-state index in [9.17, 15) is 9.59 Å². The van der Waals surface area contributed by atoms with Gasteiger partial charge in [-0.3, -0.25) is 23.2 Å². The second-order valence-corrected chi connectivity index (χ2v) is 8.05. The molecule has 0 bridgehead atoms. The fraction of sp³-hybridized carbons (Fsp3) is 0.409. The van der Waals surface area contributed by atoms with Crippen molar-refractivity contribution in [3.63, 3.8) is 0 Å². The number of benzene rings is 1. The van der Waals surface area contributed by atoms with Gasteiger partial charge in [-0.2, -0.15) is 4.98 Å². The zero-order valence-corrected chi connectivity index (χ0v) is 17.8. The lowest BCUT2D eigenvalue weighted by molar-refractivity contribution is 0.0361. The molecule has 31 heavy (non-hydrogen) atoms. The van der Waals surface area contributed by atoms with E-state index in [1.54, 1.807) is 7.05 Å². The summed E-state index contributed by atoms with van der Waals surface area (Å²) >= 11 is 0. The molecule has 1 fully saturated rings. The van der Waals surface area contributed by atoms with Gasteiger partial charge in [0.2, 0.25) is 5.78 Å². The van der Waals surface area contributed by atoms with Crippen molar-refractivity contribution in [2.45, 2.75) is 20.0 Å². The Morgan fingerprint density at radius 1 is 1.03 bits per heavy atom. The predicted octanol–water partition coefficient (Wildman–Crippen LogP) is 0.838. The molecular formula is C22H26N6O3. The first-order valence-electron chi connectivity index (χ1n) is 10.6. The molecule has 1 saturated heterocycles. The zero-order valence-electron chi connectivity index (χ0n) is 17.8.